The van der Waals surface area contributed by atoms with Gasteiger partial charge in [0, 0.05) is 24.5 Å². The molecule has 0 aromatic heterocycles. The molecule has 2 aromatic rings. The standard InChI is InChI=1S/C15H16N2O/c1-11(18)17-10-4-5-12-8-9-15(16)14-7-3-2-6-13(12)14/h2-9H,10,16H2,1H3,(H,17,18). The highest BCUT2D eigenvalue weighted by molar-refractivity contribution is 5.98. The lowest BCUT2D eigenvalue weighted by atomic mass is 10.0. The SMILES string of the molecule is CC(=O)NCC=Cc1ccc(N)c2ccccc12. The van der Waals surface area contributed by atoms with Crippen LogP contribution in [0.15, 0.2) is 42.5 Å². The van der Waals surface area contributed by atoms with Gasteiger partial charge in [-0.25, -0.2) is 0 Å². The molecule has 0 radical (unpaired) electrons. The molecule has 0 fully saturated rings. The van der Waals surface area contributed by atoms with Crippen LogP contribution in [0.1, 0.15) is 12.5 Å². The Balaban J connectivity index is 2.29. The van der Waals surface area contributed by atoms with Gasteiger partial charge in [0.2, 0.25) is 5.91 Å². The molecule has 0 saturated carbocycles. The summed E-state index contributed by atoms with van der Waals surface area (Å²) in [5.41, 5.74) is 7.82. The van der Waals surface area contributed by atoms with Crippen molar-refractivity contribution in [3.63, 3.8) is 0 Å². The monoisotopic (exact) mass is 240 g/mol. The second-order valence-corrected chi connectivity index (χ2v) is 4.13. The first-order valence-electron chi connectivity index (χ1n) is 5.86. The summed E-state index contributed by atoms with van der Waals surface area (Å²) in [6.45, 7) is 2.04. The fourth-order valence-electron chi connectivity index (χ4n) is 1.88. The molecule has 3 heteroatoms. The van der Waals surface area contributed by atoms with Crippen molar-refractivity contribution >= 4 is 28.4 Å². The molecule has 0 aliphatic carbocycles. The maximum Gasteiger partial charge on any atom is 0.217 e. The molecular weight excluding hydrogens is 224 g/mol. The zero-order valence-electron chi connectivity index (χ0n) is 10.3. The normalized spacial score (nSPS) is 10.9. The van der Waals surface area contributed by atoms with Gasteiger partial charge in [0.25, 0.3) is 0 Å². The van der Waals surface area contributed by atoms with E-state index in [4.69, 9.17) is 5.73 Å². The first kappa shape index (κ1) is 12.2. The predicted molar refractivity (Wildman–Crippen MR) is 76.1 cm³/mol. The number of rotatable bonds is 3. The van der Waals surface area contributed by atoms with E-state index in [2.05, 4.69) is 5.32 Å². The van der Waals surface area contributed by atoms with Crippen molar-refractivity contribution in [1.82, 2.24) is 5.32 Å². The van der Waals surface area contributed by atoms with Gasteiger partial charge in [-0.2, -0.15) is 0 Å². The van der Waals surface area contributed by atoms with Gasteiger partial charge in [0.15, 0.2) is 0 Å². The minimum Gasteiger partial charge on any atom is -0.398 e. The number of fused-ring (bicyclic) bond motifs is 1. The summed E-state index contributed by atoms with van der Waals surface area (Å²) in [6, 6.07) is 11.9. The number of benzene rings is 2. The van der Waals surface area contributed by atoms with Gasteiger partial charge in [0.1, 0.15) is 0 Å². The summed E-state index contributed by atoms with van der Waals surface area (Å²) in [6.07, 6.45) is 3.93. The summed E-state index contributed by atoms with van der Waals surface area (Å²) in [5, 5.41) is 4.90. The van der Waals surface area contributed by atoms with Crippen molar-refractivity contribution in [2.75, 3.05) is 12.3 Å². The molecule has 0 aliphatic rings. The average Bonchev–Trinajstić information content (AvgIpc) is 2.37. The average molecular weight is 240 g/mol. The van der Waals surface area contributed by atoms with Crippen LogP contribution in [0, 0.1) is 0 Å². The number of nitrogens with one attached hydrogen (secondary N) is 1. The van der Waals surface area contributed by atoms with Crippen molar-refractivity contribution in [2.45, 2.75) is 6.92 Å². The van der Waals surface area contributed by atoms with Crippen molar-refractivity contribution < 1.29 is 4.79 Å². The number of amides is 1. The molecule has 0 saturated heterocycles. The van der Waals surface area contributed by atoms with Crippen LogP contribution in [0.4, 0.5) is 5.69 Å². The van der Waals surface area contributed by atoms with E-state index in [0.717, 1.165) is 22.0 Å². The number of hydrogen-bond donors (Lipinski definition) is 2. The highest BCUT2D eigenvalue weighted by atomic mass is 16.1. The van der Waals surface area contributed by atoms with Crippen LogP contribution in [0.2, 0.25) is 0 Å². The number of carbonyl (C=O) groups is 1. The minimum absolute atomic E-state index is 0.0261. The molecule has 18 heavy (non-hydrogen) atoms. The Morgan fingerprint density at radius 3 is 2.67 bits per heavy atom. The molecule has 0 atom stereocenters. The predicted octanol–water partition coefficient (Wildman–Crippen LogP) is 2.57. The van der Waals surface area contributed by atoms with Gasteiger partial charge < -0.3 is 11.1 Å². The van der Waals surface area contributed by atoms with Crippen LogP contribution in [0.3, 0.4) is 0 Å². The number of hydrogen-bond acceptors (Lipinski definition) is 2. The third kappa shape index (κ3) is 2.69. The molecule has 3 N–H and O–H groups in total. The van der Waals surface area contributed by atoms with Gasteiger partial charge in [-0.1, -0.05) is 42.5 Å². The Kier molecular flexibility index (Phi) is 3.63. The van der Waals surface area contributed by atoms with Crippen LogP contribution in [0.25, 0.3) is 16.8 Å². The summed E-state index contributed by atoms with van der Waals surface area (Å²) in [7, 11) is 0. The molecule has 0 heterocycles. The number of nitrogen functional groups attached to an aromatic ring is 1. The first-order chi connectivity index (χ1) is 8.68. The molecule has 0 bridgehead atoms. The van der Waals surface area contributed by atoms with Gasteiger partial charge in [-0.05, 0) is 17.0 Å². The van der Waals surface area contributed by atoms with Crippen LogP contribution in [0.5, 0.6) is 0 Å². The fraction of sp³-hybridized carbons (Fsp3) is 0.133. The highest BCUT2D eigenvalue weighted by Crippen LogP contribution is 2.25. The van der Waals surface area contributed by atoms with E-state index in [9.17, 15) is 4.79 Å². The van der Waals surface area contributed by atoms with Gasteiger partial charge in [-0.15, -0.1) is 0 Å². The van der Waals surface area contributed by atoms with Crippen molar-refractivity contribution in [3.8, 4) is 0 Å². The van der Waals surface area contributed by atoms with Crippen molar-refractivity contribution in [3.05, 3.63) is 48.0 Å². The minimum atomic E-state index is -0.0261. The van der Waals surface area contributed by atoms with E-state index in [1.165, 1.54) is 6.92 Å². The van der Waals surface area contributed by atoms with Gasteiger partial charge >= 0.3 is 0 Å². The zero-order chi connectivity index (χ0) is 13.0. The van der Waals surface area contributed by atoms with Crippen molar-refractivity contribution in [2.24, 2.45) is 0 Å². The molecule has 92 valence electrons. The summed E-state index contributed by atoms with van der Waals surface area (Å²) in [5.74, 6) is -0.0261. The molecule has 1 amide bonds. The largest absolute Gasteiger partial charge is 0.398 e. The first-order valence-corrected chi connectivity index (χ1v) is 5.86. The van der Waals surface area contributed by atoms with Gasteiger partial charge in [0.05, 0.1) is 0 Å². The second-order valence-electron chi connectivity index (χ2n) is 4.13. The maximum absolute atomic E-state index is 10.8. The van der Waals surface area contributed by atoms with E-state index in [0.29, 0.717) is 6.54 Å². The summed E-state index contributed by atoms with van der Waals surface area (Å²) >= 11 is 0. The molecule has 0 aliphatic heterocycles. The molecule has 0 unspecified atom stereocenters. The van der Waals surface area contributed by atoms with Crippen LogP contribution >= 0.6 is 0 Å². The third-order valence-corrected chi connectivity index (χ3v) is 2.76. The third-order valence-electron chi connectivity index (χ3n) is 2.76. The number of anilines is 1. The topological polar surface area (TPSA) is 55.1 Å². The fourth-order valence-corrected chi connectivity index (χ4v) is 1.88. The Labute approximate surface area is 106 Å². The van der Waals surface area contributed by atoms with Crippen LogP contribution in [-0.2, 0) is 4.79 Å². The number of nitrogens with two attached hydrogens (primary N) is 1. The second kappa shape index (κ2) is 5.36. The van der Waals surface area contributed by atoms with E-state index in [-0.39, 0.29) is 5.91 Å². The van der Waals surface area contributed by atoms with Crippen LogP contribution < -0.4 is 11.1 Å². The maximum atomic E-state index is 10.8. The molecule has 2 aromatic carbocycles. The van der Waals surface area contributed by atoms with Gasteiger partial charge in [-0.3, -0.25) is 4.79 Å². The van der Waals surface area contributed by atoms with E-state index in [1.807, 2.05) is 48.6 Å². The molecule has 3 nitrogen and oxygen atoms in total. The molecular formula is C15H16N2O. The smallest absolute Gasteiger partial charge is 0.217 e. The highest BCUT2D eigenvalue weighted by Gasteiger charge is 2.00. The quantitative estimate of drug-likeness (QED) is 0.810. The lowest BCUT2D eigenvalue weighted by Gasteiger charge is -2.05. The molecule has 2 rings (SSSR count). The lowest BCUT2D eigenvalue weighted by Crippen LogP contribution is -2.19. The van der Waals surface area contributed by atoms with Crippen LogP contribution in [-0.4, -0.2) is 12.5 Å². The Hall–Kier alpha value is -2.29. The Bertz CT molecular complexity index is 602. The lowest BCUT2D eigenvalue weighted by molar-refractivity contribution is -0.118. The number of carbonyl (C=O) groups excluding carboxylic acids is 1. The Morgan fingerprint density at radius 1 is 1.22 bits per heavy atom. The Morgan fingerprint density at radius 2 is 1.94 bits per heavy atom. The van der Waals surface area contributed by atoms with Crippen molar-refractivity contribution in [1.29, 1.82) is 0 Å². The van der Waals surface area contributed by atoms with E-state index >= 15 is 0 Å². The van der Waals surface area contributed by atoms with E-state index < -0.39 is 0 Å². The zero-order valence-corrected chi connectivity index (χ0v) is 10.3. The summed E-state index contributed by atoms with van der Waals surface area (Å²) in [4.78, 5) is 10.8. The summed E-state index contributed by atoms with van der Waals surface area (Å²) < 4.78 is 0. The van der Waals surface area contributed by atoms with E-state index in [1.54, 1.807) is 0 Å². The molecule has 0 spiro atoms.